The number of benzene rings is 2. The number of rotatable bonds is 2. The maximum Gasteiger partial charge on any atom is 0.206 e. The van der Waals surface area contributed by atoms with Crippen molar-refractivity contribution in [3.63, 3.8) is 0 Å². The number of hydrogen-bond donors (Lipinski definition) is 0. The zero-order chi connectivity index (χ0) is 12.6. The third-order valence-electron chi connectivity index (χ3n) is 2.96. The molecule has 0 atom stereocenters. The molecule has 0 amide bonds. The Morgan fingerprint density at radius 3 is 2.50 bits per heavy atom. The molecule has 0 aliphatic carbocycles. The summed E-state index contributed by atoms with van der Waals surface area (Å²) in [5.41, 5.74) is 1.83. The van der Waals surface area contributed by atoms with Gasteiger partial charge in [-0.2, -0.15) is 0 Å². The Balaban J connectivity index is 2.11. The number of hydrogen-bond acceptors (Lipinski definition) is 3. The molecule has 18 heavy (non-hydrogen) atoms. The first-order chi connectivity index (χ1) is 8.68. The molecule has 0 unspecified atom stereocenters. The average molecular weight is 257 g/mol. The minimum absolute atomic E-state index is 0.323. The highest BCUT2D eigenvalue weighted by molar-refractivity contribution is 7.91. The largest absolute Gasteiger partial charge is 0.261 e. The van der Waals surface area contributed by atoms with Crippen LogP contribution in [0.4, 0.5) is 5.69 Å². The number of fused-ring (bicyclic) bond motifs is 1. The summed E-state index contributed by atoms with van der Waals surface area (Å²) >= 11 is 0. The van der Waals surface area contributed by atoms with E-state index < -0.39 is 9.84 Å². The molecule has 90 valence electrons. The first-order valence-corrected chi connectivity index (χ1v) is 7.12. The second kappa shape index (κ2) is 4.07. The van der Waals surface area contributed by atoms with Gasteiger partial charge in [-0.15, -0.1) is 0 Å². The van der Waals surface area contributed by atoms with Crippen molar-refractivity contribution in [3.05, 3.63) is 54.1 Å². The van der Waals surface area contributed by atoms with E-state index in [0.29, 0.717) is 16.2 Å². The fraction of sp³-hybridized carbons (Fsp3) is 0.0714. The lowest BCUT2D eigenvalue weighted by molar-refractivity contribution is 0.596. The van der Waals surface area contributed by atoms with Crippen LogP contribution in [0.3, 0.4) is 0 Å². The van der Waals surface area contributed by atoms with Crippen molar-refractivity contribution in [2.75, 3.05) is 0 Å². The molecule has 1 aliphatic rings. The second-order valence-corrected chi connectivity index (χ2v) is 6.07. The number of nitrogens with zero attached hydrogens (tertiary/aromatic N) is 1. The van der Waals surface area contributed by atoms with Gasteiger partial charge in [0.1, 0.15) is 0 Å². The van der Waals surface area contributed by atoms with Crippen LogP contribution in [0.1, 0.15) is 5.56 Å². The Bertz CT molecular complexity index is 719. The van der Waals surface area contributed by atoms with E-state index in [4.69, 9.17) is 0 Å². The van der Waals surface area contributed by atoms with Gasteiger partial charge in [0.25, 0.3) is 0 Å². The normalized spacial score (nSPS) is 13.6. The third-order valence-corrected chi connectivity index (χ3v) is 4.72. The topological polar surface area (TPSA) is 46.5 Å². The third kappa shape index (κ3) is 1.75. The number of sulfone groups is 1. The standard InChI is InChI=1S/C14H11NO2S/c16-18(17,12-4-2-1-3-5-12)13-6-7-14-11(10-13)8-9-15-14/h1-7,9-10H,8H2. The molecule has 0 saturated heterocycles. The summed E-state index contributed by atoms with van der Waals surface area (Å²) in [5.74, 6) is 0. The molecular weight excluding hydrogens is 246 g/mol. The predicted octanol–water partition coefficient (Wildman–Crippen LogP) is 2.78. The molecule has 3 rings (SSSR count). The highest BCUT2D eigenvalue weighted by Crippen LogP contribution is 2.29. The van der Waals surface area contributed by atoms with Crippen LogP contribution < -0.4 is 0 Å². The molecule has 0 N–H and O–H groups in total. The zero-order valence-electron chi connectivity index (χ0n) is 9.58. The van der Waals surface area contributed by atoms with Gasteiger partial charge in [0.15, 0.2) is 0 Å². The van der Waals surface area contributed by atoms with E-state index in [0.717, 1.165) is 11.3 Å². The van der Waals surface area contributed by atoms with Crippen molar-refractivity contribution in [1.82, 2.24) is 0 Å². The van der Waals surface area contributed by atoms with Gasteiger partial charge in [-0.25, -0.2) is 8.42 Å². The number of aliphatic imine (C=N–C) groups is 1. The summed E-state index contributed by atoms with van der Waals surface area (Å²) in [6.07, 6.45) is 2.50. The van der Waals surface area contributed by atoms with Crippen LogP contribution in [0, 0.1) is 0 Å². The fourth-order valence-electron chi connectivity index (χ4n) is 2.00. The van der Waals surface area contributed by atoms with E-state index in [1.807, 2.05) is 0 Å². The van der Waals surface area contributed by atoms with E-state index >= 15 is 0 Å². The van der Waals surface area contributed by atoms with Gasteiger partial charge in [0.2, 0.25) is 9.84 Å². The van der Waals surface area contributed by atoms with Gasteiger partial charge in [-0.05, 0) is 35.9 Å². The SMILES string of the molecule is O=S(=O)(c1ccccc1)c1ccc2c(c1)CC=N2. The summed E-state index contributed by atoms with van der Waals surface area (Å²) in [6.45, 7) is 0. The lowest BCUT2D eigenvalue weighted by Crippen LogP contribution is -2.02. The molecule has 2 aromatic rings. The Morgan fingerprint density at radius 2 is 1.72 bits per heavy atom. The van der Waals surface area contributed by atoms with E-state index in [-0.39, 0.29) is 0 Å². The monoisotopic (exact) mass is 257 g/mol. The molecule has 3 nitrogen and oxygen atoms in total. The van der Waals surface area contributed by atoms with E-state index in [2.05, 4.69) is 4.99 Å². The summed E-state index contributed by atoms with van der Waals surface area (Å²) in [4.78, 5) is 4.83. The van der Waals surface area contributed by atoms with Gasteiger partial charge in [0.05, 0.1) is 15.5 Å². The second-order valence-electron chi connectivity index (χ2n) is 4.12. The van der Waals surface area contributed by atoms with Gasteiger partial charge < -0.3 is 0 Å². The lowest BCUT2D eigenvalue weighted by Gasteiger charge is -2.06. The Kier molecular flexibility index (Phi) is 2.52. The average Bonchev–Trinajstić information content (AvgIpc) is 2.87. The van der Waals surface area contributed by atoms with Crippen LogP contribution in [0.5, 0.6) is 0 Å². The van der Waals surface area contributed by atoms with Gasteiger partial charge >= 0.3 is 0 Å². The maximum atomic E-state index is 12.4. The van der Waals surface area contributed by atoms with Crippen LogP contribution in [0.25, 0.3) is 0 Å². The predicted molar refractivity (Wildman–Crippen MR) is 70.2 cm³/mol. The molecule has 0 spiro atoms. The fourth-order valence-corrected chi connectivity index (χ4v) is 3.33. The van der Waals surface area contributed by atoms with Crippen molar-refractivity contribution < 1.29 is 8.42 Å². The highest BCUT2D eigenvalue weighted by Gasteiger charge is 2.19. The van der Waals surface area contributed by atoms with Crippen LogP contribution in [-0.2, 0) is 16.3 Å². The van der Waals surface area contributed by atoms with Crippen molar-refractivity contribution in [2.45, 2.75) is 16.2 Å². The molecule has 2 aromatic carbocycles. The Hall–Kier alpha value is -1.94. The van der Waals surface area contributed by atoms with E-state index in [9.17, 15) is 8.42 Å². The van der Waals surface area contributed by atoms with Crippen molar-refractivity contribution in [1.29, 1.82) is 0 Å². The molecule has 0 bridgehead atoms. The minimum Gasteiger partial charge on any atom is -0.261 e. The van der Waals surface area contributed by atoms with Gasteiger partial charge in [-0.3, -0.25) is 4.99 Å². The Morgan fingerprint density at radius 1 is 0.944 bits per heavy atom. The van der Waals surface area contributed by atoms with Crippen molar-refractivity contribution in [2.24, 2.45) is 4.99 Å². The first-order valence-electron chi connectivity index (χ1n) is 5.63. The first kappa shape index (κ1) is 11.2. The van der Waals surface area contributed by atoms with Gasteiger partial charge in [-0.1, -0.05) is 18.2 Å². The Labute approximate surface area is 106 Å². The smallest absolute Gasteiger partial charge is 0.206 e. The van der Waals surface area contributed by atoms with E-state index in [1.165, 1.54) is 0 Å². The molecule has 0 saturated carbocycles. The maximum absolute atomic E-state index is 12.4. The summed E-state index contributed by atoms with van der Waals surface area (Å²) in [7, 11) is -3.42. The molecule has 0 aromatic heterocycles. The molecule has 0 radical (unpaired) electrons. The van der Waals surface area contributed by atoms with Crippen LogP contribution >= 0.6 is 0 Å². The molecule has 1 aliphatic heterocycles. The van der Waals surface area contributed by atoms with Crippen molar-refractivity contribution in [3.8, 4) is 0 Å². The quantitative estimate of drug-likeness (QED) is 0.830. The molecule has 0 fully saturated rings. The van der Waals surface area contributed by atoms with Crippen molar-refractivity contribution >= 4 is 21.7 Å². The summed E-state index contributed by atoms with van der Waals surface area (Å²) in [5, 5.41) is 0. The minimum atomic E-state index is -3.42. The molecule has 1 heterocycles. The lowest BCUT2D eigenvalue weighted by atomic mass is 10.2. The molecular formula is C14H11NO2S. The van der Waals surface area contributed by atoms with E-state index in [1.54, 1.807) is 54.7 Å². The van der Waals surface area contributed by atoms with Crippen LogP contribution in [0.15, 0.2) is 63.3 Å². The molecule has 4 heteroatoms. The summed E-state index contributed by atoms with van der Waals surface area (Å²) in [6, 6.07) is 13.6. The van der Waals surface area contributed by atoms with Crippen LogP contribution in [0.2, 0.25) is 0 Å². The van der Waals surface area contributed by atoms with Crippen LogP contribution in [-0.4, -0.2) is 14.6 Å². The highest BCUT2D eigenvalue weighted by atomic mass is 32.2. The van der Waals surface area contributed by atoms with Gasteiger partial charge in [0, 0.05) is 12.6 Å². The summed E-state index contributed by atoms with van der Waals surface area (Å²) < 4.78 is 24.8. The zero-order valence-corrected chi connectivity index (χ0v) is 10.4.